The third kappa shape index (κ3) is 3.36. The molecule has 3 aromatic rings. The summed E-state index contributed by atoms with van der Waals surface area (Å²) in [6, 6.07) is 19.6. The molecule has 1 saturated carbocycles. The highest BCUT2D eigenvalue weighted by molar-refractivity contribution is 7.91. The molecule has 1 fully saturated rings. The van der Waals surface area contributed by atoms with E-state index in [1.54, 1.807) is 18.2 Å². The third-order valence-electron chi connectivity index (χ3n) is 5.84. The van der Waals surface area contributed by atoms with Crippen molar-refractivity contribution in [1.82, 2.24) is 4.72 Å². The van der Waals surface area contributed by atoms with E-state index in [1.165, 1.54) is 6.07 Å². The number of carboxylic acid groups (broad SMARTS) is 1. The first-order chi connectivity index (χ1) is 14.2. The van der Waals surface area contributed by atoms with Crippen molar-refractivity contribution in [2.75, 3.05) is 0 Å². The summed E-state index contributed by atoms with van der Waals surface area (Å²) in [5.41, 5.74) is -0.668. The van der Waals surface area contributed by atoms with Crippen LogP contribution in [0.2, 0.25) is 5.02 Å². The summed E-state index contributed by atoms with van der Waals surface area (Å²) in [4.78, 5) is 13.0. The van der Waals surface area contributed by atoms with Crippen molar-refractivity contribution in [2.45, 2.75) is 34.9 Å². The first kappa shape index (κ1) is 21.1. The van der Waals surface area contributed by atoms with Gasteiger partial charge in [0.1, 0.15) is 9.75 Å². The van der Waals surface area contributed by atoms with Crippen molar-refractivity contribution in [2.24, 2.45) is 0 Å². The van der Waals surface area contributed by atoms with E-state index in [4.69, 9.17) is 11.6 Å². The average molecular weight is 462 g/mol. The SMILES string of the molecule is CCC1(c2ccccc2)CC1(NS(=O)(=O)c1ccc(-c2ccc(Cl)cc2)s1)C(=O)O. The Morgan fingerprint density at radius 2 is 1.77 bits per heavy atom. The number of aliphatic carboxylic acids is 1. The summed E-state index contributed by atoms with van der Waals surface area (Å²) in [5, 5.41) is 10.6. The molecule has 0 aliphatic heterocycles. The van der Waals surface area contributed by atoms with Crippen LogP contribution >= 0.6 is 22.9 Å². The van der Waals surface area contributed by atoms with Crippen LogP contribution in [-0.4, -0.2) is 25.0 Å². The van der Waals surface area contributed by atoms with Crippen LogP contribution in [0.4, 0.5) is 0 Å². The number of nitrogens with one attached hydrogen (secondary N) is 1. The number of carboxylic acids is 1. The van der Waals surface area contributed by atoms with E-state index in [0.717, 1.165) is 27.3 Å². The van der Waals surface area contributed by atoms with Gasteiger partial charge >= 0.3 is 5.97 Å². The molecule has 0 radical (unpaired) electrons. The lowest BCUT2D eigenvalue weighted by Crippen LogP contribution is -2.48. The maximum Gasteiger partial charge on any atom is 0.325 e. The molecular formula is C22H20ClNO4S2. The minimum atomic E-state index is -4.02. The Morgan fingerprint density at radius 1 is 1.10 bits per heavy atom. The zero-order chi connectivity index (χ0) is 21.6. The van der Waals surface area contributed by atoms with Crippen molar-refractivity contribution in [3.63, 3.8) is 0 Å². The number of rotatable bonds is 7. The van der Waals surface area contributed by atoms with Gasteiger partial charge in [-0.15, -0.1) is 11.3 Å². The molecule has 5 nitrogen and oxygen atoms in total. The fourth-order valence-electron chi connectivity index (χ4n) is 4.12. The lowest BCUT2D eigenvalue weighted by Gasteiger charge is -2.23. The van der Waals surface area contributed by atoms with Crippen molar-refractivity contribution in [3.05, 3.63) is 77.3 Å². The molecule has 156 valence electrons. The van der Waals surface area contributed by atoms with Crippen LogP contribution in [-0.2, 0) is 20.2 Å². The number of benzene rings is 2. The van der Waals surface area contributed by atoms with Gasteiger partial charge in [-0.3, -0.25) is 4.79 Å². The second-order valence-electron chi connectivity index (χ2n) is 7.42. The van der Waals surface area contributed by atoms with Gasteiger partial charge in [0.15, 0.2) is 0 Å². The molecule has 2 unspecified atom stereocenters. The molecule has 1 aromatic heterocycles. The standard InChI is InChI=1S/C22H20ClNO4S2/c1-2-21(16-6-4-3-5-7-16)14-22(21,20(25)26)24-30(27,28)19-13-12-18(29-19)15-8-10-17(23)11-9-15/h3-13,24H,2,14H2,1H3,(H,25,26). The fourth-order valence-corrected chi connectivity index (χ4v) is 6.98. The van der Waals surface area contributed by atoms with Crippen LogP contribution in [0.5, 0.6) is 0 Å². The summed E-state index contributed by atoms with van der Waals surface area (Å²) < 4.78 is 28.9. The lowest BCUT2D eigenvalue weighted by atomic mass is 9.88. The van der Waals surface area contributed by atoms with Crippen LogP contribution in [0.1, 0.15) is 25.3 Å². The predicted molar refractivity (Wildman–Crippen MR) is 118 cm³/mol. The third-order valence-corrected chi connectivity index (χ3v) is 9.21. The summed E-state index contributed by atoms with van der Waals surface area (Å²) in [7, 11) is -4.02. The Hall–Kier alpha value is -2.19. The van der Waals surface area contributed by atoms with Crippen LogP contribution < -0.4 is 4.72 Å². The molecule has 0 saturated heterocycles. The number of carbonyl (C=O) groups is 1. The highest BCUT2D eigenvalue weighted by atomic mass is 35.5. The van der Waals surface area contributed by atoms with Crippen molar-refractivity contribution in [1.29, 1.82) is 0 Å². The van der Waals surface area contributed by atoms with E-state index in [9.17, 15) is 18.3 Å². The van der Waals surface area contributed by atoms with Gasteiger partial charge in [-0.2, -0.15) is 4.72 Å². The molecule has 2 aromatic carbocycles. The average Bonchev–Trinajstić information content (AvgIpc) is 3.12. The smallest absolute Gasteiger partial charge is 0.325 e. The topological polar surface area (TPSA) is 83.5 Å². The number of thiophene rings is 1. The van der Waals surface area contributed by atoms with E-state index in [2.05, 4.69) is 4.72 Å². The largest absolute Gasteiger partial charge is 0.480 e. The molecule has 30 heavy (non-hydrogen) atoms. The minimum Gasteiger partial charge on any atom is -0.480 e. The molecule has 8 heteroatoms. The van der Waals surface area contributed by atoms with Crippen LogP contribution in [0.3, 0.4) is 0 Å². The molecular weight excluding hydrogens is 442 g/mol. The zero-order valence-corrected chi connectivity index (χ0v) is 18.5. The molecule has 0 spiro atoms. The summed E-state index contributed by atoms with van der Waals surface area (Å²) in [5.74, 6) is -1.16. The van der Waals surface area contributed by atoms with Crippen LogP contribution in [0, 0.1) is 0 Å². The van der Waals surface area contributed by atoms with E-state index < -0.39 is 26.9 Å². The van der Waals surface area contributed by atoms with Gasteiger partial charge in [0, 0.05) is 15.3 Å². The first-order valence-corrected chi connectivity index (χ1v) is 12.1. The summed E-state index contributed by atoms with van der Waals surface area (Å²) in [6.07, 6.45) is 0.719. The van der Waals surface area contributed by atoms with E-state index in [0.29, 0.717) is 11.4 Å². The quantitative estimate of drug-likeness (QED) is 0.523. The molecule has 1 heterocycles. The van der Waals surface area contributed by atoms with Crippen LogP contribution in [0.25, 0.3) is 10.4 Å². The maximum atomic E-state index is 13.1. The van der Waals surface area contributed by atoms with Crippen LogP contribution in [0.15, 0.2) is 70.9 Å². The Balaban J connectivity index is 1.67. The van der Waals surface area contributed by atoms with Gasteiger partial charge in [-0.05, 0) is 48.2 Å². The molecule has 1 aliphatic rings. The van der Waals surface area contributed by atoms with E-state index in [1.807, 2.05) is 49.4 Å². The Labute approximate surface area is 184 Å². The Morgan fingerprint density at radius 3 is 2.37 bits per heavy atom. The monoisotopic (exact) mass is 461 g/mol. The van der Waals surface area contributed by atoms with Gasteiger partial charge in [-0.1, -0.05) is 61.0 Å². The van der Waals surface area contributed by atoms with Crippen molar-refractivity contribution < 1.29 is 18.3 Å². The van der Waals surface area contributed by atoms with Gasteiger partial charge in [-0.25, -0.2) is 8.42 Å². The fraction of sp³-hybridized carbons (Fsp3) is 0.227. The molecule has 0 bridgehead atoms. The van der Waals surface area contributed by atoms with Gasteiger partial charge in [0.2, 0.25) is 0 Å². The molecule has 2 N–H and O–H groups in total. The Kier molecular flexibility index (Phi) is 5.26. The van der Waals surface area contributed by atoms with E-state index in [-0.39, 0.29) is 10.6 Å². The van der Waals surface area contributed by atoms with Gasteiger partial charge in [0.05, 0.1) is 0 Å². The number of hydrogen-bond donors (Lipinski definition) is 2. The zero-order valence-electron chi connectivity index (χ0n) is 16.1. The molecule has 4 rings (SSSR count). The Bertz CT molecular complexity index is 1190. The first-order valence-electron chi connectivity index (χ1n) is 9.43. The van der Waals surface area contributed by atoms with E-state index >= 15 is 0 Å². The second kappa shape index (κ2) is 7.50. The molecule has 2 atom stereocenters. The normalized spacial score (nSPS) is 23.3. The molecule has 0 amide bonds. The highest BCUT2D eigenvalue weighted by Crippen LogP contribution is 2.60. The van der Waals surface area contributed by atoms with Gasteiger partial charge < -0.3 is 5.11 Å². The van der Waals surface area contributed by atoms with Crippen molar-refractivity contribution >= 4 is 38.9 Å². The summed E-state index contributed by atoms with van der Waals surface area (Å²) >= 11 is 7.02. The van der Waals surface area contributed by atoms with Crippen molar-refractivity contribution in [3.8, 4) is 10.4 Å². The maximum absolute atomic E-state index is 13.1. The minimum absolute atomic E-state index is 0.0815. The molecule has 1 aliphatic carbocycles. The number of hydrogen-bond acceptors (Lipinski definition) is 4. The van der Waals surface area contributed by atoms with Gasteiger partial charge in [0.25, 0.3) is 10.0 Å². The summed E-state index contributed by atoms with van der Waals surface area (Å²) in [6.45, 7) is 1.88. The highest BCUT2D eigenvalue weighted by Gasteiger charge is 2.73. The second-order valence-corrected chi connectivity index (χ2v) is 10.8. The number of halogens is 1. The lowest BCUT2D eigenvalue weighted by molar-refractivity contribution is -0.140. The predicted octanol–water partition coefficient (Wildman–Crippen LogP) is 4.92. The number of sulfonamides is 1.